The van der Waals surface area contributed by atoms with Crippen LogP contribution in [0.1, 0.15) is 21.7 Å². The Bertz CT molecular complexity index is 1140. The van der Waals surface area contributed by atoms with Crippen LogP contribution < -0.4 is 15.6 Å². The van der Waals surface area contributed by atoms with E-state index in [-0.39, 0.29) is 29.3 Å². The molecule has 1 aromatic heterocycles. The molecule has 4 rings (SSSR count). The molecule has 0 radical (unpaired) electrons. The van der Waals surface area contributed by atoms with Crippen LogP contribution in [-0.2, 0) is 16.0 Å². The number of hydrogen-bond acceptors (Lipinski definition) is 5. The summed E-state index contributed by atoms with van der Waals surface area (Å²) in [4.78, 5) is 40.5. The fraction of sp³-hybridized carbons (Fsp3) is 0.167. The Hall–Kier alpha value is -3.56. The fourth-order valence-electron chi connectivity index (χ4n) is 3.52. The van der Waals surface area contributed by atoms with Crippen molar-refractivity contribution in [2.45, 2.75) is 18.9 Å². The van der Waals surface area contributed by atoms with Crippen molar-refractivity contribution >= 4 is 52.1 Å². The van der Waals surface area contributed by atoms with E-state index in [0.717, 1.165) is 5.56 Å². The first-order chi connectivity index (χ1) is 16.0. The van der Waals surface area contributed by atoms with Gasteiger partial charge < -0.3 is 5.32 Å². The van der Waals surface area contributed by atoms with Gasteiger partial charge >= 0.3 is 0 Å². The van der Waals surface area contributed by atoms with Crippen molar-refractivity contribution in [1.29, 1.82) is 0 Å². The maximum Gasteiger partial charge on any atom is 0.279 e. The Morgan fingerprint density at radius 2 is 1.67 bits per heavy atom. The molecule has 1 aliphatic rings. The van der Waals surface area contributed by atoms with Crippen LogP contribution >= 0.6 is 23.6 Å². The van der Waals surface area contributed by atoms with Crippen molar-refractivity contribution in [3.05, 3.63) is 88.6 Å². The molecular formula is C24H22N4O3S2. The van der Waals surface area contributed by atoms with Crippen molar-refractivity contribution < 1.29 is 14.4 Å². The molecule has 33 heavy (non-hydrogen) atoms. The predicted molar refractivity (Wildman–Crippen MR) is 132 cm³/mol. The SMILES string of the molecule is O=C(CC1C(=O)N(c2ccccc2)C(=S)N1NC(=O)c1cccs1)NCCc1ccccc1. The zero-order valence-corrected chi connectivity index (χ0v) is 19.3. The highest BCUT2D eigenvalue weighted by molar-refractivity contribution is 7.80. The first kappa shape index (κ1) is 22.6. The summed E-state index contributed by atoms with van der Waals surface area (Å²) in [5.41, 5.74) is 4.41. The van der Waals surface area contributed by atoms with Crippen LogP contribution in [0.15, 0.2) is 78.2 Å². The molecule has 3 amide bonds. The van der Waals surface area contributed by atoms with E-state index in [4.69, 9.17) is 12.2 Å². The summed E-state index contributed by atoms with van der Waals surface area (Å²) < 4.78 is 0. The smallest absolute Gasteiger partial charge is 0.279 e. The Kier molecular flexibility index (Phi) is 7.11. The molecule has 1 atom stereocenters. The van der Waals surface area contributed by atoms with E-state index in [1.807, 2.05) is 36.4 Å². The standard InChI is InChI=1S/C24H22N4O3S2/c29-21(25-14-13-17-8-3-1-4-9-17)16-19-23(31)27(18-10-5-2-6-11-18)24(32)28(19)26-22(30)20-12-7-15-33-20/h1-12,15,19H,13-14,16H2,(H,25,29)(H,26,30). The van der Waals surface area contributed by atoms with Gasteiger partial charge in [-0.2, -0.15) is 0 Å². The molecule has 0 saturated carbocycles. The fourth-order valence-corrected chi connectivity index (χ4v) is 4.51. The summed E-state index contributed by atoms with van der Waals surface area (Å²) in [5.74, 6) is -1.04. The van der Waals surface area contributed by atoms with Crippen molar-refractivity contribution in [3.63, 3.8) is 0 Å². The number of hydrogen-bond donors (Lipinski definition) is 2. The molecule has 7 nitrogen and oxygen atoms in total. The molecule has 2 heterocycles. The Labute approximate surface area is 201 Å². The number of hydrazine groups is 1. The van der Waals surface area contributed by atoms with Crippen molar-refractivity contribution in [2.75, 3.05) is 11.4 Å². The quantitative estimate of drug-likeness (QED) is 0.486. The van der Waals surface area contributed by atoms with E-state index < -0.39 is 6.04 Å². The highest BCUT2D eigenvalue weighted by Gasteiger charge is 2.45. The lowest BCUT2D eigenvalue weighted by molar-refractivity contribution is -0.127. The van der Waals surface area contributed by atoms with Gasteiger partial charge in [0.1, 0.15) is 6.04 Å². The second kappa shape index (κ2) is 10.4. The zero-order valence-electron chi connectivity index (χ0n) is 17.6. The number of thiophene rings is 1. The molecule has 0 bridgehead atoms. The molecule has 168 valence electrons. The zero-order chi connectivity index (χ0) is 23.2. The van der Waals surface area contributed by atoms with Gasteiger partial charge in [0, 0.05) is 6.54 Å². The molecule has 0 spiro atoms. The number of carbonyl (C=O) groups excluding carboxylic acids is 3. The largest absolute Gasteiger partial charge is 0.356 e. The van der Waals surface area contributed by atoms with E-state index in [1.165, 1.54) is 21.2 Å². The maximum absolute atomic E-state index is 13.3. The number of nitrogens with zero attached hydrogens (tertiary/aromatic N) is 2. The average molecular weight is 479 g/mol. The lowest BCUT2D eigenvalue weighted by Gasteiger charge is -2.24. The first-order valence-electron chi connectivity index (χ1n) is 10.4. The highest BCUT2D eigenvalue weighted by Crippen LogP contribution is 2.26. The molecule has 0 aliphatic carbocycles. The first-order valence-corrected chi connectivity index (χ1v) is 11.7. The van der Waals surface area contributed by atoms with Gasteiger partial charge in [-0.1, -0.05) is 54.6 Å². The summed E-state index contributed by atoms with van der Waals surface area (Å²) in [7, 11) is 0. The summed E-state index contributed by atoms with van der Waals surface area (Å²) in [5, 5.41) is 6.09. The van der Waals surface area contributed by atoms with Gasteiger partial charge in [-0.15, -0.1) is 11.3 Å². The number of anilines is 1. The van der Waals surface area contributed by atoms with Gasteiger partial charge in [0.05, 0.1) is 17.0 Å². The number of nitrogens with one attached hydrogen (secondary N) is 2. The van der Waals surface area contributed by atoms with Gasteiger partial charge in [0.25, 0.3) is 11.8 Å². The van der Waals surface area contributed by atoms with Crippen LogP contribution in [0.3, 0.4) is 0 Å². The van der Waals surface area contributed by atoms with Crippen LogP contribution in [0.4, 0.5) is 5.69 Å². The van der Waals surface area contributed by atoms with E-state index in [2.05, 4.69) is 10.7 Å². The number of rotatable bonds is 8. The molecule has 1 aliphatic heterocycles. The van der Waals surface area contributed by atoms with Crippen LogP contribution in [0, 0.1) is 0 Å². The Morgan fingerprint density at radius 3 is 2.33 bits per heavy atom. The van der Waals surface area contributed by atoms with E-state index >= 15 is 0 Å². The van der Waals surface area contributed by atoms with Crippen LogP contribution in [0.5, 0.6) is 0 Å². The van der Waals surface area contributed by atoms with Gasteiger partial charge in [0.2, 0.25) is 11.0 Å². The van der Waals surface area contributed by atoms with Gasteiger partial charge in [-0.3, -0.25) is 24.7 Å². The monoisotopic (exact) mass is 478 g/mol. The average Bonchev–Trinajstić information content (AvgIpc) is 3.44. The number of amides is 3. The summed E-state index contributed by atoms with van der Waals surface area (Å²) >= 11 is 6.82. The highest BCUT2D eigenvalue weighted by atomic mass is 32.1. The van der Waals surface area contributed by atoms with Crippen LogP contribution in [0.2, 0.25) is 0 Å². The summed E-state index contributed by atoms with van der Waals surface area (Å²) in [6.45, 7) is 0.443. The molecule has 1 saturated heterocycles. The molecule has 2 N–H and O–H groups in total. The van der Waals surface area contributed by atoms with Crippen molar-refractivity contribution in [3.8, 4) is 0 Å². The lowest BCUT2D eigenvalue weighted by Crippen LogP contribution is -2.50. The van der Waals surface area contributed by atoms with Gasteiger partial charge in [0.15, 0.2) is 0 Å². The summed E-state index contributed by atoms with van der Waals surface area (Å²) in [6.07, 6.45) is 0.542. The van der Waals surface area contributed by atoms with Gasteiger partial charge in [-0.05, 0) is 47.8 Å². The molecule has 3 aromatic rings. The van der Waals surface area contributed by atoms with E-state index in [0.29, 0.717) is 23.5 Å². The minimum absolute atomic E-state index is 0.123. The van der Waals surface area contributed by atoms with Crippen molar-refractivity contribution in [1.82, 2.24) is 15.8 Å². The third-order valence-corrected chi connectivity index (χ3v) is 6.40. The number of thiocarbonyl (C=S) groups is 1. The lowest BCUT2D eigenvalue weighted by atomic mass is 10.1. The minimum atomic E-state index is -0.946. The third kappa shape index (κ3) is 5.27. The van der Waals surface area contributed by atoms with Crippen LogP contribution in [-0.4, -0.2) is 40.4 Å². The Morgan fingerprint density at radius 1 is 0.970 bits per heavy atom. The molecular weight excluding hydrogens is 456 g/mol. The second-order valence-electron chi connectivity index (χ2n) is 7.39. The topological polar surface area (TPSA) is 81.8 Å². The second-order valence-corrected chi connectivity index (χ2v) is 8.70. The van der Waals surface area contributed by atoms with Gasteiger partial charge in [-0.25, -0.2) is 5.01 Å². The van der Waals surface area contributed by atoms with E-state index in [9.17, 15) is 14.4 Å². The van der Waals surface area contributed by atoms with Crippen molar-refractivity contribution in [2.24, 2.45) is 0 Å². The number of carbonyl (C=O) groups is 3. The summed E-state index contributed by atoms with van der Waals surface area (Å²) in [6, 6.07) is 21.2. The minimum Gasteiger partial charge on any atom is -0.356 e. The van der Waals surface area contributed by atoms with E-state index in [1.54, 1.807) is 41.8 Å². The normalized spacial score (nSPS) is 15.6. The molecule has 2 aromatic carbocycles. The number of para-hydroxylation sites is 1. The molecule has 1 unspecified atom stereocenters. The van der Waals surface area contributed by atoms with Crippen LogP contribution in [0.25, 0.3) is 0 Å². The maximum atomic E-state index is 13.3. The predicted octanol–water partition coefficient (Wildman–Crippen LogP) is 3.14. The Balaban J connectivity index is 1.48. The molecule has 1 fully saturated rings. The third-order valence-electron chi connectivity index (χ3n) is 5.15. The molecule has 9 heteroatoms. The number of benzene rings is 2.